The molecule has 5 rings (SSSR count). The van der Waals surface area contributed by atoms with Gasteiger partial charge in [0.15, 0.2) is 0 Å². The fraction of sp³-hybridized carbons (Fsp3) is 0.417. The largest absolute Gasteiger partial charge is 0.367 e. The van der Waals surface area contributed by atoms with Crippen LogP contribution in [-0.2, 0) is 24.0 Å². The number of hydrogen-bond acceptors (Lipinski definition) is 6. The number of aromatic nitrogens is 2. The molecule has 2 atom stereocenters. The molecule has 2 unspecified atom stereocenters. The van der Waals surface area contributed by atoms with Crippen LogP contribution in [0.15, 0.2) is 40.9 Å². The summed E-state index contributed by atoms with van der Waals surface area (Å²) < 4.78 is 20.7. The van der Waals surface area contributed by atoms with Gasteiger partial charge in [0.05, 0.1) is 11.4 Å². The number of nitrogens with one attached hydrogen (secondary N) is 2. The molecule has 1 aromatic heterocycles. The predicted octanol–water partition coefficient (Wildman–Crippen LogP) is 4.13. The van der Waals surface area contributed by atoms with Gasteiger partial charge in [0.1, 0.15) is 11.0 Å². The first-order valence-corrected chi connectivity index (χ1v) is 12.8. The van der Waals surface area contributed by atoms with Gasteiger partial charge in [0.25, 0.3) is 5.89 Å². The SMILES string of the molecule is CC1CCCCN1c1ccc(-c2nc(-c3ccc4c(c3)CNCC4)no2)cc1NS(C)=O. The molecule has 0 aliphatic carbocycles. The van der Waals surface area contributed by atoms with Crippen molar-refractivity contribution >= 4 is 22.4 Å². The highest BCUT2D eigenvalue weighted by Crippen LogP contribution is 2.35. The third-order valence-corrected chi connectivity index (χ3v) is 6.89. The van der Waals surface area contributed by atoms with Crippen LogP contribution in [0.5, 0.6) is 0 Å². The number of fused-ring (bicyclic) bond motifs is 1. The second-order valence-corrected chi connectivity index (χ2v) is 9.77. The molecule has 0 radical (unpaired) electrons. The van der Waals surface area contributed by atoms with Crippen molar-refractivity contribution in [2.75, 3.05) is 29.0 Å². The monoisotopic (exact) mass is 451 g/mol. The molecule has 2 aliphatic rings. The Morgan fingerprint density at radius 3 is 2.88 bits per heavy atom. The van der Waals surface area contributed by atoms with E-state index in [0.29, 0.717) is 17.8 Å². The van der Waals surface area contributed by atoms with E-state index in [0.717, 1.165) is 48.6 Å². The van der Waals surface area contributed by atoms with Gasteiger partial charge in [-0.1, -0.05) is 17.3 Å². The highest BCUT2D eigenvalue weighted by molar-refractivity contribution is 7.85. The van der Waals surface area contributed by atoms with Crippen molar-refractivity contribution in [1.29, 1.82) is 0 Å². The lowest BCUT2D eigenvalue weighted by Gasteiger charge is -2.36. The van der Waals surface area contributed by atoms with Crippen molar-refractivity contribution < 1.29 is 8.73 Å². The summed E-state index contributed by atoms with van der Waals surface area (Å²) in [6, 6.07) is 12.9. The molecule has 8 heteroatoms. The van der Waals surface area contributed by atoms with E-state index in [1.807, 2.05) is 12.1 Å². The summed E-state index contributed by atoms with van der Waals surface area (Å²) in [6.45, 7) is 5.14. The minimum Gasteiger partial charge on any atom is -0.367 e. The van der Waals surface area contributed by atoms with Gasteiger partial charge < -0.3 is 19.5 Å². The van der Waals surface area contributed by atoms with E-state index < -0.39 is 11.0 Å². The molecule has 0 spiro atoms. The molecule has 0 saturated carbocycles. The van der Waals surface area contributed by atoms with Gasteiger partial charge in [-0.15, -0.1) is 0 Å². The minimum atomic E-state index is -1.18. The minimum absolute atomic E-state index is 0.453. The summed E-state index contributed by atoms with van der Waals surface area (Å²) in [4.78, 5) is 7.05. The van der Waals surface area contributed by atoms with Gasteiger partial charge in [0.2, 0.25) is 5.82 Å². The van der Waals surface area contributed by atoms with Crippen LogP contribution in [0.3, 0.4) is 0 Å². The third-order valence-electron chi connectivity index (χ3n) is 6.39. The highest BCUT2D eigenvalue weighted by atomic mass is 32.2. The number of anilines is 2. The van der Waals surface area contributed by atoms with Gasteiger partial charge in [-0.2, -0.15) is 4.98 Å². The summed E-state index contributed by atoms with van der Waals surface area (Å²) in [5, 5.41) is 7.64. The summed E-state index contributed by atoms with van der Waals surface area (Å²) in [6.07, 6.45) is 6.28. The summed E-state index contributed by atoms with van der Waals surface area (Å²) in [5.41, 5.74) is 6.33. The van der Waals surface area contributed by atoms with Crippen LogP contribution in [0, 0.1) is 0 Å². The molecule has 2 aliphatic heterocycles. The first kappa shape index (κ1) is 21.2. The number of nitrogens with zero attached hydrogens (tertiary/aromatic N) is 3. The average Bonchev–Trinajstić information content (AvgIpc) is 3.29. The highest BCUT2D eigenvalue weighted by Gasteiger charge is 2.22. The number of benzene rings is 2. The zero-order valence-corrected chi connectivity index (χ0v) is 19.4. The smallest absolute Gasteiger partial charge is 0.258 e. The van der Waals surface area contributed by atoms with E-state index in [-0.39, 0.29) is 0 Å². The zero-order chi connectivity index (χ0) is 22.1. The molecule has 2 N–H and O–H groups in total. The lowest BCUT2D eigenvalue weighted by atomic mass is 9.98. The number of hydrogen-bond donors (Lipinski definition) is 2. The second-order valence-electron chi connectivity index (χ2n) is 8.66. The standard InChI is InChI=1S/C24H29N5O2S/c1-16-5-3-4-12-29(16)22-9-8-19(14-21(22)28-32(2)30)24-26-23(27-31-24)18-7-6-17-10-11-25-15-20(17)13-18/h6-9,13-14,16,25,28H,3-5,10-12,15H2,1-2H3. The van der Waals surface area contributed by atoms with Gasteiger partial charge in [-0.25, -0.2) is 4.21 Å². The van der Waals surface area contributed by atoms with Crippen LogP contribution in [0.1, 0.15) is 37.3 Å². The van der Waals surface area contributed by atoms with E-state index in [1.165, 1.54) is 30.4 Å². The van der Waals surface area contributed by atoms with E-state index >= 15 is 0 Å². The normalized spacial score (nSPS) is 19.4. The Hall–Kier alpha value is -2.71. The van der Waals surface area contributed by atoms with Crippen molar-refractivity contribution in [1.82, 2.24) is 15.5 Å². The topological polar surface area (TPSA) is 83.3 Å². The lowest BCUT2D eigenvalue weighted by Crippen LogP contribution is -2.37. The Labute approximate surface area is 191 Å². The van der Waals surface area contributed by atoms with Crippen molar-refractivity contribution in [2.24, 2.45) is 0 Å². The van der Waals surface area contributed by atoms with Crippen LogP contribution >= 0.6 is 0 Å². The van der Waals surface area contributed by atoms with Crippen molar-refractivity contribution in [3.63, 3.8) is 0 Å². The second kappa shape index (κ2) is 9.03. The predicted molar refractivity (Wildman–Crippen MR) is 129 cm³/mol. The Morgan fingerprint density at radius 2 is 2.03 bits per heavy atom. The molecular weight excluding hydrogens is 422 g/mol. The van der Waals surface area contributed by atoms with Gasteiger partial charge in [0, 0.05) is 36.5 Å². The maximum atomic E-state index is 12.0. The average molecular weight is 452 g/mol. The van der Waals surface area contributed by atoms with E-state index in [4.69, 9.17) is 4.52 Å². The van der Waals surface area contributed by atoms with E-state index in [9.17, 15) is 4.21 Å². The summed E-state index contributed by atoms with van der Waals surface area (Å²) in [7, 11) is -1.18. The zero-order valence-electron chi connectivity index (χ0n) is 18.6. The maximum Gasteiger partial charge on any atom is 0.258 e. The Balaban J connectivity index is 1.46. The maximum absolute atomic E-state index is 12.0. The van der Waals surface area contributed by atoms with Crippen LogP contribution < -0.4 is 14.9 Å². The van der Waals surface area contributed by atoms with Crippen LogP contribution in [0.4, 0.5) is 11.4 Å². The number of rotatable bonds is 5. The molecule has 2 aromatic carbocycles. The molecule has 3 aromatic rings. The van der Waals surface area contributed by atoms with Crippen molar-refractivity contribution in [3.05, 3.63) is 47.5 Å². The van der Waals surface area contributed by atoms with Crippen LogP contribution in [0.2, 0.25) is 0 Å². The van der Waals surface area contributed by atoms with Crippen LogP contribution in [-0.4, -0.2) is 39.7 Å². The van der Waals surface area contributed by atoms with E-state index in [1.54, 1.807) is 6.26 Å². The molecule has 3 heterocycles. The molecule has 0 amide bonds. The molecule has 1 fully saturated rings. The molecule has 32 heavy (non-hydrogen) atoms. The van der Waals surface area contributed by atoms with Crippen molar-refractivity contribution in [3.8, 4) is 22.8 Å². The fourth-order valence-corrected chi connectivity index (χ4v) is 5.16. The Bertz CT molecular complexity index is 1150. The molecule has 0 bridgehead atoms. The number of piperidine rings is 1. The first-order chi connectivity index (χ1) is 15.6. The van der Waals surface area contributed by atoms with Gasteiger partial charge in [-0.05, 0) is 74.5 Å². The quantitative estimate of drug-likeness (QED) is 0.607. The van der Waals surface area contributed by atoms with Gasteiger partial charge in [-0.3, -0.25) is 0 Å². The van der Waals surface area contributed by atoms with Crippen LogP contribution in [0.25, 0.3) is 22.8 Å². The van der Waals surface area contributed by atoms with Gasteiger partial charge >= 0.3 is 0 Å². The summed E-state index contributed by atoms with van der Waals surface area (Å²) >= 11 is 0. The molecule has 7 nitrogen and oxygen atoms in total. The Morgan fingerprint density at radius 1 is 1.16 bits per heavy atom. The molecule has 1 saturated heterocycles. The van der Waals surface area contributed by atoms with Crippen molar-refractivity contribution in [2.45, 2.75) is 45.2 Å². The third kappa shape index (κ3) is 4.29. The Kier molecular flexibility index (Phi) is 5.97. The fourth-order valence-electron chi connectivity index (χ4n) is 4.69. The first-order valence-electron chi connectivity index (χ1n) is 11.3. The molecule has 168 valence electrons. The van der Waals surface area contributed by atoms with E-state index in [2.05, 4.69) is 56.3 Å². The lowest BCUT2D eigenvalue weighted by molar-refractivity contribution is 0.432. The molecular formula is C24H29N5O2S. The summed E-state index contributed by atoms with van der Waals surface area (Å²) in [5.74, 6) is 1.04.